The van der Waals surface area contributed by atoms with Gasteiger partial charge in [0, 0.05) is 0 Å². The van der Waals surface area contributed by atoms with Gasteiger partial charge in [0.1, 0.15) is 8.24 Å². The second kappa shape index (κ2) is 6.59. The summed E-state index contributed by atoms with van der Waals surface area (Å²) in [4.78, 5) is 0. The molecule has 28 heavy (non-hydrogen) atoms. The molecule has 0 heterocycles. The lowest BCUT2D eigenvalue weighted by atomic mass is 9.97. The number of nitrogens with two attached hydrogens (primary N) is 1. The monoisotopic (exact) mass is 486 g/mol. The molecule has 0 bridgehead atoms. The fraction of sp³-hybridized carbons (Fsp3) is 1.00. The summed E-state index contributed by atoms with van der Waals surface area (Å²) in [5.41, 5.74) is 0. The first kappa shape index (κ1) is 27.2. The van der Waals surface area contributed by atoms with Crippen LogP contribution in [0.3, 0.4) is 0 Å². The Kier molecular flexibility index (Phi) is 6.40. The minimum absolute atomic E-state index is 0.474. The van der Waals surface area contributed by atoms with E-state index in [1.807, 2.05) is 0 Å². The molecule has 0 fully saturated rings. The summed E-state index contributed by atoms with van der Waals surface area (Å²) in [7, 11) is -10.5. The molecule has 19 heteroatoms. The van der Waals surface area contributed by atoms with Crippen LogP contribution in [0.2, 0.25) is 19.6 Å². The Balaban J connectivity index is 6.86. The Morgan fingerprint density at radius 1 is 0.643 bits per heavy atom. The van der Waals surface area contributed by atoms with Crippen LogP contribution in [0.1, 0.15) is 0 Å². The molecular formula is C9H11F13N2O2SSi. The van der Waals surface area contributed by atoms with Crippen LogP contribution in [0.4, 0.5) is 57.1 Å². The molecule has 0 aliphatic heterocycles. The van der Waals surface area contributed by atoms with Gasteiger partial charge in [-0.05, 0) is 0 Å². The minimum Gasteiger partial charge on any atom is -0.216 e. The molecule has 0 aliphatic rings. The van der Waals surface area contributed by atoms with E-state index in [-0.39, 0.29) is 0 Å². The minimum atomic E-state index is -8.12. The van der Waals surface area contributed by atoms with Crippen molar-refractivity contribution in [3.05, 3.63) is 0 Å². The normalized spacial score (nSPS) is 16.6. The van der Waals surface area contributed by atoms with Gasteiger partial charge in [-0.3, -0.25) is 0 Å². The van der Waals surface area contributed by atoms with Crippen LogP contribution in [0.5, 0.6) is 0 Å². The summed E-state index contributed by atoms with van der Waals surface area (Å²) >= 11 is 0. The van der Waals surface area contributed by atoms with Gasteiger partial charge in [0.05, 0.1) is 0 Å². The summed E-state index contributed by atoms with van der Waals surface area (Å²) in [5, 5.41) is 4.22. The lowest BCUT2D eigenvalue weighted by Crippen LogP contribution is -2.75. The van der Waals surface area contributed by atoms with Crippen molar-refractivity contribution in [2.24, 2.45) is 5.14 Å². The number of hydrogen-bond donors (Lipinski definition) is 1. The van der Waals surface area contributed by atoms with E-state index in [1.54, 1.807) is 0 Å². The lowest BCUT2D eigenvalue weighted by molar-refractivity contribution is -0.445. The highest BCUT2D eigenvalue weighted by Crippen LogP contribution is 2.61. The Morgan fingerprint density at radius 2 is 0.929 bits per heavy atom. The smallest absolute Gasteiger partial charge is 0.216 e. The largest absolute Gasteiger partial charge is 0.460 e. The SMILES string of the molecule is C[Si](C)(C)N(C(F)(F)C(F)(F)C(F)(F)C(F)(F)C(F)(F)C(F)(F)F)S(N)(=O)=O. The van der Waals surface area contributed by atoms with E-state index in [2.05, 4.69) is 5.14 Å². The van der Waals surface area contributed by atoms with Crippen molar-refractivity contribution in [1.29, 1.82) is 0 Å². The van der Waals surface area contributed by atoms with Crippen LogP contribution in [0.15, 0.2) is 0 Å². The van der Waals surface area contributed by atoms with Crippen molar-refractivity contribution in [3.63, 3.8) is 0 Å². The van der Waals surface area contributed by atoms with Crippen LogP contribution in [-0.4, -0.2) is 56.5 Å². The molecule has 0 amide bonds. The Labute approximate surface area is 149 Å². The van der Waals surface area contributed by atoms with Crippen molar-refractivity contribution in [2.45, 2.75) is 55.6 Å². The molecule has 0 aromatic rings. The molecule has 0 aromatic carbocycles. The first-order valence-electron chi connectivity index (χ1n) is 6.41. The maximum atomic E-state index is 14.0. The maximum Gasteiger partial charge on any atom is 0.460 e. The number of hydrogen-bond acceptors (Lipinski definition) is 2. The molecule has 0 saturated carbocycles. The van der Waals surface area contributed by atoms with E-state index in [4.69, 9.17) is 0 Å². The van der Waals surface area contributed by atoms with Crippen LogP contribution >= 0.6 is 0 Å². The Morgan fingerprint density at radius 3 is 1.14 bits per heavy atom. The average molecular weight is 486 g/mol. The summed E-state index contributed by atoms with van der Waals surface area (Å²) in [6, 6.07) is -6.92. The zero-order valence-corrected chi connectivity index (χ0v) is 15.5. The number of rotatable bonds is 7. The Hall–Kier alpha value is -0.823. The van der Waals surface area contributed by atoms with Crippen molar-refractivity contribution >= 4 is 18.4 Å². The third-order valence-electron chi connectivity index (χ3n) is 3.04. The van der Waals surface area contributed by atoms with Gasteiger partial charge in [0.2, 0.25) is 0 Å². The molecule has 0 spiro atoms. The maximum absolute atomic E-state index is 14.0. The third-order valence-corrected chi connectivity index (χ3v) is 7.68. The predicted octanol–water partition coefficient (Wildman–Crippen LogP) is 4.02. The van der Waals surface area contributed by atoms with Gasteiger partial charge in [-0.1, -0.05) is 19.6 Å². The van der Waals surface area contributed by atoms with E-state index in [9.17, 15) is 65.5 Å². The van der Waals surface area contributed by atoms with Crippen molar-refractivity contribution < 1.29 is 65.5 Å². The number of alkyl halides is 13. The summed E-state index contributed by atoms with van der Waals surface area (Å²) in [6.45, 7) is 1.42. The number of nitrogens with zero attached hydrogens (tertiary/aromatic N) is 1. The van der Waals surface area contributed by atoms with Crippen LogP contribution < -0.4 is 5.14 Å². The van der Waals surface area contributed by atoms with Crippen molar-refractivity contribution in [2.75, 3.05) is 0 Å². The fourth-order valence-electron chi connectivity index (χ4n) is 1.85. The average Bonchev–Trinajstić information content (AvgIpc) is 2.31. The van der Waals surface area contributed by atoms with E-state index in [0.29, 0.717) is 19.6 Å². The van der Waals surface area contributed by atoms with Crippen LogP contribution in [0.25, 0.3) is 0 Å². The van der Waals surface area contributed by atoms with Crippen LogP contribution in [-0.2, 0) is 10.2 Å². The molecule has 4 nitrogen and oxygen atoms in total. The molecule has 0 radical (unpaired) electrons. The quantitative estimate of drug-likeness (QED) is 0.336. The lowest BCUT2D eigenvalue weighted by Gasteiger charge is -2.44. The second-order valence-corrected chi connectivity index (χ2v) is 12.8. The van der Waals surface area contributed by atoms with E-state index >= 15 is 0 Å². The van der Waals surface area contributed by atoms with Crippen molar-refractivity contribution in [3.8, 4) is 0 Å². The zero-order chi connectivity index (χ0) is 23.6. The number of halogens is 13. The third kappa shape index (κ3) is 3.81. The molecule has 0 rings (SSSR count). The highest BCUT2D eigenvalue weighted by molar-refractivity contribution is 7.88. The molecule has 0 saturated heterocycles. The van der Waals surface area contributed by atoms with Gasteiger partial charge in [-0.25, -0.2) is 5.14 Å². The summed E-state index contributed by atoms with van der Waals surface area (Å²) < 4.78 is 190. The van der Waals surface area contributed by atoms with E-state index < -0.39 is 58.3 Å². The zero-order valence-electron chi connectivity index (χ0n) is 13.7. The summed E-state index contributed by atoms with van der Waals surface area (Å²) in [6.07, 6.45) is -7.55. The van der Waals surface area contributed by atoms with Gasteiger partial charge < -0.3 is 0 Å². The van der Waals surface area contributed by atoms with Gasteiger partial charge in [0.15, 0.2) is 0 Å². The van der Waals surface area contributed by atoms with Crippen LogP contribution in [0, 0.1) is 0 Å². The fourth-order valence-corrected chi connectivity index (χ4v) is 6.32. The summed E-state index contributed by atoms with van der Waals surface area (Å²) in [5.74, 6) is -31.9. The van der Waals surface area contributed by atoms with Crippen molar-refractivity contribution in [1.82, 2.24) is 3.97 Å². The molecule has 2 N–H and O–H groups in total. The molecule has 0 atom stereocenters. The van der Waals surface area contributed by atoms with Gasteiger partial charge in [-0.2, -0.15) is 65.5 Å². The molecule has 170 valence electrons. The molecule has 0 aromatic heterocycles. The van der Waals surface area contributed by atoms with Gasteiger partial charge in [0.25, 0.3) is 10.2 Å². The highest BCUT2D eigenvalue weighted by Gasteiger charge is 2.92. The highest BCUT2D eigenvalue weighted by atomic mass is 32.2. The van der Waals surface area contributed by atoms with Gasteiger partial charge >= 0.3 is 35.9 Å². The predicted molar refractivity (Wildman–Crippen MR) is 69.1 cm³/mol. The Bertz CT molecular complexity index is 698. The first-order valence-corrected chi connectivity index (χ1v) is 11.4. The van der Waals surface area contributed by atoms with Gasteiger partial charge in [-0.15, -0.1) is 3.97 Å². The molecule has 0 aliphatic carbocycles. The molecule has 0 unspecified atom stereocenters. The first-order chi connectivity index (χ1) is 11.6. The topological polar surface area (TPSA) is 63.4 Å². The van der Waals surface area contributed by atoms with E-state index in [1.165, 1.54) is 0 Å². The van der Waals surface area contributed by atoms with E-state index in [0.717, 1.165) is 0 Å². The molecular weight excluding hydrogens is 475 g/mol. The second-order valence-electron chi connectivity index (χ2n) is 6.32. The standard InChI is InChI=1S/C9H11F13N2O2SSi/c1-28(2,3)24(27(23,25)26)9(21,22)7(16,17)5(12,13)4(10,11)6(14,15)8(18,19)20/h1-3H3,(H2,23,25,26).